The number of para-hydroxylation sites is 1. The first kappa shape index (κ1) is 27.8. The fraction of sp³-hybridized carbons (Fsp3) is 0.679. The molecule has 4 aliphatic heterocycles. The van der Waals surface area contributed by atoms with Gasteiger partial charge in [-0.3, -0.25) is 19.3 Å². The maximum atomic E-state index is 13.8. The van der Waals surface area contributed by atoms with Gasteiger partial charge in [0.05, 0.1) is 30.4 Å². The predicted octanol–water partition coefficient (Wildman–Crippen LogP) is 0.570. The van der Waals surface area contributed by atoms with Gasteiger partial charge in [-0.15, -0.1) is 0 Å². The number of fused-ring (bicyclic) bond motifs is 4. The molecule has 3 saturated heterocycles. The monoisotopic (exact) mass is 544 g/mol. The van der Waals surface area contributed by atoms with Crippen molar-refractivity contribution in [1.82, 2.24) is 20.4 Å². The molecule has 0 aliphatic carbocycles. The first-order chi connectivity index (χ1) is 19.0. The lowest BCUT2D eigenvalue weighted by atomic mass is 9.96. The molecule has 4 aliphatic rings. The van der Waals surface area contributed by atoms with Crippen LogP contribution in [0.4, 0.5) is 0 Å². The lowest BCUT2D eigenvalue weighted by molar-refractivity contribution is -0.133. The fourth-order valence-electron chi connectivity index (χ4n) is 6.11. The van der Waals surface area contributed by atoms with Crippen molar-refractivity contribution in [3.05, 3.63) is 29.8 Å². The minimum absolute atomic E-state index is 0.0343. The Hall–Kier alpha value is -2.73. The summed E-state index contributed by atoms with van der Waals surface area (Å²) in [7, 11) is 1.48. The summed E-state index contributed by atoms with van der Waals surface area (Å²) in [6, 6.07) is 6.66. The molecule has 11 heteroatoms. The normalized spacial score (nSPS) is 29.3. The SMILES string of the molecule is COCC(=O)N[C@@H]1CC[C@H]2CCOc3ccccc3C(=O)N3CCN(C4CCOCC4)C[C@H]3C(=O)NC[C@H]1O2. The first-order valence-electron chi connectivity index (χ1n) is 14.1. The van der Waals surface area contributed by atoms with E-state index in [4.69, 9.17) is 18.9 Å². The van der Waals surface area contributed by atoms with Gasteiger partial charge in [-0.25, -0.2) is 0 Å². The van der Waals surface area contributed by atoms with Gasteiger partial charge in [0.1, 0.15) is 18.4 Å². The highest BCUT2D eigenvalue weighted by Gasteiger charge is 2.40. The zero-order valence-electron chi connectivity index (χ0n) is 22.6. The van der Waals surface area contributed by atoms with Crippen LogP contribution in [0.25, 0.3) is 0 Å². The summed E-state index contributed by atoms with van der Waals surface area (Å²) in [5.74, 6) is -0.118. The Balaban J connectivity index is 1.39. The van der Waals surface area contributed by atoms with E-state index in [1.165, 1.54) is 7.11 Å². The highest BCUT2D eigenvalue weighted by atomic mass is 16.5. The van der Waals surface area contributed by atoms with Crippen LogP contribution in [0.5, 0.6) is 5.75 Å². The second-order valence-electron chi connectivity index (χ2n) is 10.7. The van der Waals surface area contributed by atoms with Crippen molar-refractivity contribution in [2.24, 2.45) is 0 Å². The topological polar surface area (TPSA) is 119 Å². The van der Waals surface area contributed by atoms with Crippen LogP contribution in [0, 0.1) is 0 Å². The summed E-state index contributed by atoms with van der Waals surface area (Å²) in [6.07, 6.45) is 3.47. The van der Waals surface area contributed by atoms with Crippen LogP contribution in [0.2, 0.25) is 0 Å². The fourth-order valence-corrected chi connectivity index (χ4v) is 6.11. The Labute approximate surface area is 229 Å². The third-order valence-corrected chi connectivity index (χ3v) is 8.21. The van der Waals surface area contributed by atoms with E-state index in [0.717, 1.165) is 25.7 Å². The molecule has 2 N–H and O–H groups in total. The summed E-state index contributed by atoms with van der Waals surface area (Å²) < 4.78 is 23.0. The van der Waals surface area contributed by atoms with Crippen molar-refractivity contribution >= 4 is 17.7 Å². The molecule has 5 rings (SSSR count). The molecule has 4 heterocycles. The molecule has 1 aromatic rings. The Morgan fingerprint density at radius 1 is 1.08 bits per heavy atom. The van der Waals surface area contributed by atoms with E-state index in [1.54, 1.807) is 17.0 Å². The summed E-state index contributed by atoms with van der Waals surface area (Å²) in [5.41, 5.74) is 0.468. The number of amides is 3. The van der Waals surface area contributed by atoms with Gasteiger partial charge in [-0.2, -0.15) is 0 Å². The van der Waals surface area contributed by atoms with E-state index in [2.05, 4.69) is 15.5 Å². The van der Waals surface area contributed by atoms with E-state index < -0.39 is 12.1 Å². The number of nitrogens with zero attached hydrogens (tertiary/aromatic N) is 2. The van der Waals surface area contributed by atoms with Gasteiger partial charge in [0.2, 0.25) is 11.8 Å². The first-order valence-corrected chi connectivity index (χ1v) is 14.1. The second-order valence-corrected chi connectivity index (χ2v) is 10.7. The molecule has 3 fully saturated rings. The van der Waals surface area contributed by atoms with Crippen LogP contribution in [-0.2, 0) is 23.8 Å². The number of carbonyl (C=O) groups is 3. The number of hydrogen-bond acceptors (Lipinski definition) is 8. The van der Waals surface area contributed by atoms with Gasteiger partial charge in [0.15, 0.2) is 0 Å². The van der Waals surface area contributed by atoms with Crippen molar-refractivity contribution in [1.29, 1.82) is 0 Å². The Morgan fingerprint density at radius 2 is 1.90 bits per heavy atom. The molecular formula is C28H40N4O7. The average molecular weight is 545 g/mol. The predicted molar refractivity (Wildman–Crippen MR) is 142 cm³/mol. The van der Waals surface area contributed by atoms with E-state index in [1.807, 2.05) is 12.1 Å². The van der Waals surface area contributed by atoms with Crippen LogP contribution in [0.1, 0.15) is 42.5 Å². The third kappa shape index (κ3) is 6.71. The Morgan fingerprint density at radius 3 is 2.72 bits per heavy atom. The molecule has 0 aromatic heterocycles. The molecule has 11 nitrogen and oxygen atoms in total. The molecule has 0 unspecified atom stereocenters. The number of rotatable bonds is 4. The van der Waals surface area contributed by atoms with Gasteiger partial charge < -0.3 is 34.5 Å². The van der Waals surface area contributed by atoms with Crippen LogP contribution in [0.3, 0.4) is 0 Å². The van der Waals surface area contributed by atoms with Crippen molar-refractivity contribution in [3.8, 4) is 5.75 Å². The number of piperazine rings is 1. The maximum absolute atomic E-state index is 13.8. The van der Waals surface area contributed by atoms with Gasteiger partial charge in [0, 0.05) is 59.0 Å². The lowest BCUT2D eigenvalue weighted by Crippen LogP contribution is -2.63. The van der Waals surface area contributed by atoms with Crippen molar-refractivity contribution in [2.45, 2.75) is 62.4 Å². The molecule has 2 bridgehead atoms. The van der Waals surface area contributed by atoms with Crippen LogP contribution >= 0.6 is 0 Å². The quantitative estimate of drug-likeness (QED) is 0.565. The number of carbonyl (C=O) groups excluding carboxylic acids is 3. The summed E-state index contributed by atoms with van der Waals surface area (Å²) in [6.45, 7) is 3.62. The van der Waals surface area contributed by atoms with Gasteiger partial charge in [-0.05, 0) is 37.8 Å². The molecule has 214 valence electrons. The molecule has 4 atom stereocenters. The minimum atomic E-state index is -0.661. The third-order valence-electron chi connectivity index (χ3n) is 8.21. The van der Waals surface area contributed by atoms with E-state index in [0.29, 0.717) is 63.2 Å². The number of ether oxygens (including phenoxy) is 4. The number of methoxy groups -OCH3 is 1. The van der Waals surface area contributed by atoms with Gasteiger partial charge in [-0.1, -0.05) is 12.1 Å². The number of nitrogens with one attached hydrogen (secondary N) is 2. The van der Waals surface area contributed by atoms with Crippen LogP contribution in [-0.4, -0.2) is 118 Å². The molecule has 1 aromatic carbocycles. The summed E-state index contributed by atoms with van der Waals surface area (Å²) >= 11 is 0. The standard InChI is InChI=1S/C28H40N4O7/c1-36-18-26(33)30-22-7-6-20-10-15-38-24-5-3-2-4-21(24)28(35)32-12-11-31(19-8-13-37-14-9-19)17-23(32)27(34)29-16-25(22)39-20/h2-5,19-20,22-23,25H,6-18H2,1H3,(H,29,34)(H,30,33)/t20-,22+,23-,25+/m0/s1. The minimum Gasteiger partial charge on any atom is -0.493 e. The van der Waals surface area contributed by atoms with E-state index >= 15 is 0 Å². The molecule has 0 spiro atoms. The van der Waals surface area contributed by atoms with E-state index in [-0.39, 0.29) is 43.0 Å². The van der Waals surface area contributed by atoms with Crippen molar-refractivity contribution < 1.29 is 33.3 Å². The molecular weight excluding hydrogens is 504 g/mol. The molecule has 3 amide bonds. The zero-order chi connectivity index (χ0) is 27.2. The van der Waals surface area contributed by atoms with Gasteiger partial charge >= 0.3 is 0 Å². The highest BCUT2D eigenvalue weighted by Crippen LogP contribution is 2.27. The van der Waals surface area contributed by atoms with E-state index in [9.17, 15) is 14.4 Å². The largest absolute Gasteiger partial charge is 0.493 e. The smallest absolute Gasteiger partial charge is 0.258 e. The number of benzene rings is 1. The van der Waals surface area contributed by atoms with Gasteiger partial charge in [0.25, 0.3) is 5.91 Å². The van der Waals surface area contributed by atoms with Crippen molar-refractivity contribution in [2.75, 3.05) is 59.7 Å². The molecule has 39 heavy (non-hydrogen) atoms. The summed E-state index contributed by atoms with van der Waals surface area (Å²) in [5, 5.41) is 6.07. The van der Waals surface area contributed by atoms with Crippen LogP contribution < -0.4 is 15.4 Å². The zero-order valence-corrected chi connectivity index (χ0v) is 22.6. The number of hydrogen-bond donors (Lipinski definition) is 2. The Bertz CT molecular complexity index is 1020. The summed E-state index contributed by atoms with van der Waals surface area (Å²) in [4.78, 5) is 43.9. The molecule has 0 radical (unpaired) electrons. The maximum Gasteiger partial charge on any atom is 0.258 e. The van der Waals surface area contributed by atoms with Crippen molar-refractivity contribution in [3.63, 3.8) is 0 Å². The lowest BCUT2D eigenvalue weighted by Gasteiger charge is -2.45. The molecule has 0 saturated carbocycles. The van der Waals surface area contributed by atoms with Crippen LogP contribution in [0.15, 0.2) is 24.3 Å². The average Bonchev–Trinajstić information content (AvgIpc) is 2.96. The highest BCUT2D eigenvalue weighted by molar-refractivity contribution is 6.00. The second kappa shape index (κ2) is 13.1. The Kier molecular flexibility index (Phi) is 9.33.